The zero-order valence-corrected chi connectivity index (χ0v) is 18.1. The number of hydrogen-bond donors (Lipinski definition) is 2. The fourth-order valence-electron chi connectivity index (χ4n) is 4.23. The molecule has 2 N–H and O–H groups in total. The molecule has 7 heteroatoms. The number of aliphatic imine (C=N–C) groups is 1. The van der Waals surface area contributed by atoms with Crippen LogP contribution in [0.25, 0.3) is 0 Å². The number of fused-ring (bicyclic) bond motifs is 1. The number of nitrogens with one attached hydrogen (secondary N) is 2. The molecule has 0 aromatic carbocycles. The quantitative estimate of drug-likeness (QED) is 0.260. The van der Waals surface area contributed by atoms with Crippen molar-refractivity contribution < 1.29 is 14.2 Å². The van der Waals surface area contributed by atoms with Crippen molar-refractivity contribution >= 4 is 29.9 Å². The smallest absolute Gasteiger partial charge is 0.191 e. The molecular formula is C18H34IN3O3. The SMILES string of the molecule is CCNC(=NCCCOC1CCOC1)NC1C2CCOC2C1(C)C.I. The van der Waals surface area contributed by atoms with Crippen LogP contribution in [0.4, 0.5) is 0 Å². The van der Waals surface area contributed by atoms with Crippen LogP contribution in [0.5, 0.6) is 0 Å². The van der Waals surface area contributed by atoms with Gasteiger partial charge in [0.05, 0.1) is 18.8 Å². The average molecular weight is 467 g/mol. The lowest BCUT2D eigenvalue weighted by atomic mass is 9.57. The Labute approximate surface area is 168 Å². The maximum atomic E-state index is 5.87. The van der Waals surface area contributed by atoms with Crippen LogP contribution in [0.1, 0.15) is 40.0 Å². The van der Waals surface area contributed by atoms with Crippen molar-refractivity contribution in [3.63, 3.8) is 0 Å². The molecule has 0 radical (unpaired) electrons. The molecule has 4 unspecified atom stereocenters. The van der Waals surface area contributed by atoms with Crippen LogP contribution >= 0.6 is 24.0 Å². The molecule has 2 heterocycles. The van der Waals surface area contributed by atoms with Gasteiger partial charge in [0.2, 0.25) is 0 Å². The Bertz CT molecular complexity index is 441. The molecule has 1 aliphatic carbocycles. The van der Waals surface area contributed by atoms with E-state index in [2.05, 4.69) is 31.4 Å². The predicted octanol–water partition coefficient (Wildman–Crippen LogP) is 2.17. The van der Waals surface area contributed by atoms with E-state index in [-0.39, 0.29) is 35.5 Å². The van der Waals surface area contributed by atoms with Crippen LogP contribution < -0.4 is 10.6 Å². The molecule has 3 aliphatic rings. The maximum absolute atomic E-state index is 5.87. The van der Waals surface area contributed by atoms with Crippen LogP contribution in [0.2, 0.25) is 0 Å². The van der Waals surface area contributed by atoms with E-state index >= 15 is 0 Å². The lowest BCUT2D eigenvalue weighted by Gasteiger charge is -2.54. The largest absolute Gasteiger partial charge is 0.379 e. The first-order valence-electron chi connectivity index (χ1n) is 9.48. The van der Waals surface area contributed by atoms with Gasteiger partial charge in [0.1, 0.15) is 0 Å². The van der Waals surface area contributed by atoms with Gasteiger partial charge in [-0.25, -0.2) is 0 Å². The third kappa shape index (κ3) is 4.99. The summed E-state index contributed by atoms with van der Waals surface area (Å²) in [6.07, 6.45) is 3.81. The second kappa shape index (κ2) is 9.71. The van der Waals surface area contributed by atoms with Crippen LogP contribution in [-0.4, -0.2) is 63.7 Å². The summed E-state index contributed by atoms with van der Waals surface area (Å²) in [5.74, 6) is 1.54. The molecule has 2 saturated heterocycles. The van der Waals surface area contributed by atoms with Gasteiger partial charge in [-0.15, -0.1) is 24.0 Å². The fourth-order valence-corrected chi connectivity index (χ4v) is 4.23. The summed E-state index contributed by atoms with van der Waals surface area (Å²) in [4.78, 5) is 4.72. The second-order valence-electron chi connectivity index (χ2n) is 7.66. The lowest BCUT2D eigenvalue weighted by molar-refractivity contribution is -0.106. The standard InChI is InChI=1S/C18H33N3O3.HI/c1-4-19-17(20-8-5-9-23-13-6-10-22-12-13)21-15-14-7-11-24-16(14)18(15,2)3;/h13-16H,4-12H2,1-3H3,(H2,19,20,21);1H. The zero-order valence-electron chi connectivity index (χ0n) is 15.8. The molecule has 0 bridgehead atoms. The van der Waals surface area contributed by atoms with E-state index in [9.17, 15) is 0 Å². The first kappa shape index (κ1) is 21.2. The third-order valence-electron chi connectivity index (χ3n) is 5.55. The lowest BCUT2D eigenvalue weighted by Crippen LogP contribution is -2.67. The molecule has 4 atom stereocenters. The number of rotatable bonds is 7. The van der Waals surface area contributed by atoms with Gasteiger partial charge in [0, 0.05) is 50.3 Å². The molecule has 0 spiro atoms. The van der Waals surface area contributed by atoms with Crippen LogP contribution in [0.15, 0.2) is 4.99 Å². The highest BCUT2D eigenvalue weighted by Crippen LogP contribution is 2.52. The normalized spacial score (nSPS) is 33.3. The minimum Gasteiger partial charge on any atom is -0.379 e. The predicted molar refractivity (Wildman–Crippen MR) is 110 cm³/mol. The van der Waals surface area contributed by atoms with Crippen molar-refractivity contribution in [2.45, 2.75) is 58.3 Å². The molecule has 3 rings (SSSR count). The van der Waals surface area contributed by atoms with E-state index in [1.54, 1.807) is 0 Å². The van der Waals surface area contributed by atoms with Crippen molar-refractivity contribution in [3.8, 4) is 0 Å². The first-order chi connectivity index (χ1) is 11.6. The highest BCUT2D eigenvalue weighted by Gasteiger charge is 2.59. The molecule has 146 valence electrons. The van der Waals surface area contributed by atoms with Gasteiger partial charge in [-0.3, -0.25) is 4.99 Å². The highest BCUT2D eigenvalue weighted by molar-refractivity contribution is 14.0. The number of guanidine groups is 1. The second-order valence-corrected chi connectivity index (χ2v) is 7.66. The molecular weight excluding hydrogens is 433 g/mol. The Kier molecular flexibility index (Phi) is 8.23. The average Bonchev–Trinajstić information content (AvgIpc) is 3.22. The summed E-state index contributed by atoms with van der Waals surface area (Å²) in [6.45, 7) is 11.6. The van der Waals surface area contributed by atoms with Crippen molar-refractivity contribution in [2.75, 3.05) is 39.5 Å². The van der Waals surface area contributed by atoms with E-state index in [0.717, 1.165) is 64.7 Å². The van der Waals surface area contributed by atoms with Crippen molar-refractivity contribution in [2.24, 2.45) is 16.3 Å². The molecule has 3 fully saturated rings. The van der Waals surface area contributed by atoms with E-state index in [4.69, 9.17) is 19.2 Å². The van der Waals surface area contributed by atoms with Crippen molar-refractivity contribution in [1.29, 1.82) is 0 Å². The zero-order chi connectivity index (χ0) is 17.0. The van der Waals surface area contributed by atoms with Crippen LogP contribution in [0.3, 0.4) is 0 Å². The van der Waals surface area contributed by atoms with Gasteiger partial charge in [-0.05, 0) is 26.2 Å². The minimum absolute atomic E-state index is 0. The Balaban J connectivity index is 0.00000225. The van der Waals surface area contributed by atoms with E-state index < -0.39 is 0 Å². The fraction of sp³-hybridized carbons (Fsp3) is 0.944. The molecule has 6 nitrogen and oxygen atoms in total. The summed E-state index contributed by atoms with van der Waals surface area (Å²) in [7, 11) is 0. The van der Waals surface area contributed by atoms with E-state index in [1.807, 2.05) is 0 Å². The third-order valence-corrected chi connectivity index (χ3v) is 5.55. The molecule has 1 saturated carbocycles. The van der Waals surface area contributed by atoms with Crippen LogP contribution in [0, 0.1) is 11.3 Å². The summed E-state index contributed by atoms with van der Waals surface area (Å²) >= 11 is 0. The van der Waals surface area contributed by atoms with Gasteiger partial charge in [-0.1, -0.05) is 13.8 Å². The number of ether oxygens (including phenoxy) is 3. The Morgan fingerprint density at radius 1 is 1.28 bits per heavy atom. The minimum atomic E-state index is 0. The number of halogens is 1. The maximum Gasteiger partial charge on any atom is 0.191 e. The van der Waals surface area contributed by atoms with Crippen molar-refractivity contribution in [3.05, 3.63) is 0 Å². The summed E-state index contributed by atoms with van der Waals surface area (Å²) < 4.78 is 17.0. The van der Waals surface area contributed by atoms with Gasteiger partial charge >= 0.3 is 0 Å². The van der Waals surface area contributed by atoms with Gasteiger partial charge in [0.15, 0.2) is 5.96 Å². The van der Waals surface area contributed by atoms with Gasteiger partial charge in [0.25, 0.3) is 0 Å². The van der Waals surface area contributed by atoms with Gasteiger partial charge in [-0.2, -0.15) is 0 Å². The number of nitrogens with zero attached hydrogens (tertiary/aromatic N) is 1. The summed E-state index contributed by atoms with van der Waals surface area (Å²) in [5, 5.41) is 7.01. The summed E-state index contributed by atoms with van der Waals surface area (Å²) in [6, 6.07) is 0.440. The van der Waals surface area contributed by atoms with Crippen molar-refractivity contribution in [1.82, 2.24) is 10.6 Å². The van der Waals surface area contributed by atoms with E-state index in [0.29, 0.717) is 18.1 Å². The van der Waals surface area contributed by atoms with E-state index in [1.165, 1.54) is 0 Å². The number of hydrogen-bond acceptors (Lipinski definition) is 4. The Morgan fingerprint density at radius 2 is 2.12 bits per heavy atom. The van der Waals surface area contributed by atoms with Crippen LogP contribution in [-0.2, 0) is 14.2 Å². The monoisotopic (exact) mass is 467 g/mol. The topological polar surface area (TPSA) is 64.1 Å². The highest BCUT2D eigenvalue weighted by atomic mass is 127. The Morgan fingerprint density at radius 3 is 2.84 bits per heavy atom. The molecule has 25 heavy (non-hydrogen) atoms. The first-order valence-corrected chi connectivity index (χ1v) is 9.48. The molecule has 0 aromatic rings. The Hall–Kier alpha value is -0.120. The molecule has 2 aliphatic heterocycles. The van der Waals surface area contributed by atoms with Gasteiger partial charge < -0.3 is 24.8 Å². The molecule has 0 amide bonds. The summed E-state index contributed by atoms with van der Waals surface area (Å²) in [5.41, 5.74) is 0.170. The molecule has 0 aromatic heterocycles.